The Hall–Kier alpha value is -2.28. The first-order valence-corrected chi connectivity index (χ1v) is 7.76. The summed E-state index contributed by atoms with van der Waals surface area (Å²) in [6.45, 7) is 5.45. The van der Waals surface area contributed by atoms with E-state index in [-0.39, 0.29) is 16.4 Å². The van der Waals surface area contributed by atoms with Crippen LogP contribution in [0.25, 0.3) is 0 Å². The van der Waals surface area contributed by atoms with Crippen LogP contribution >= 0.6 is 11.6 Å². The quantitative estimate of drug-likeness (QED) is 0.796. The van der Waals surface area contributed by atoms with Gasteiger partial charge in [-0.3, -0.25) is 9.78 Å². The predicted octanol–water partition coefficient (Wildman–Crippen LogP) is 5.03. The Morgan fingerprint density at radius 2 is 1.80 bits per heavy atom. The average molecular weight is 372 g/mol. The fraction of sp³-hybridized carbons (Fsp3) is 0.294. The molecule has 0 aliphatic carbocycles. The molecule has 2 rings (SSSR count). The van der Waals surface area contributed by atoms with Gasteiger partial charge >= 0.3 is 6.18 Å². The second-order valence-electron chi connectivity index (χ2n) is 6.45. The van der Waals surface area contributed by atoms with Gasteiger partial charge in [0.2, 0.25) is 0 Å². The van der Waals surface area contributed by atoms with Crippen molar-refractivity contribution in [2.75, 3.05) is 5.32 Å². The van der Waals surface area contributed by atoms with Crippen LogP contribution in [0, 0.1) is 0 Å². The molecule has 0 bridgehead atoms. The lowest BCUT2D eigenvalue weighted by Crippen LogP contribution is -2.40. The minimum absolute atomic E-state index is 0.0159. The normalized spacial score (nSPS) is 12.0. The van der Waals surface area contributed by atoms with Crippen molar-refractivity contribution in [2.24, 2.45) is 0 Å². The van der Waals surface area contributed by atoms with E-state index in [1.165, 1.54) is 30.5 Å². The number of hydrogen-bond acceptors (Lipinski definition) is 3. The molecule has 0 saturated heterocycles. The second-order valence-corrected chi connectivity index (χ2v) is 6.88. The van der Waals surface area contributed by atoms with Crippen molar-refractivity contribution in [3.8, 4) is 0 Å². The Morgan fingerprint density at radius 3 is 2.40 bits per heavy atom. The highest BCUT2D eigenvalue weighted by molar-refractivity contribution is 6.30. The van der Waals surface area contributed by atoms with E-state index in [0.717, 1.165) is 6.07 Å². The number of hydrogen-bond donors (Lipinski definition) is 2. The fourth-order valence-electron chi connectivity index (χ4n) is 2.05. The van der Waals surface area contributed by atoms with Gasteiger partial charge in [0.1, 0.15) is 5.69 Å². The summed E-state index contributed by atoms with van der Waals surface area (Å²) in [7, 11) is 0. The SMILES string of the molecule is CC(C)(C)NC(=O)c1cc(Nc2ccc(Cl)cc2C(F)(F)F)ccn1. The molecule has 8 heteroatoms. The smallest absolute Gasteiger partial charge is 0.355 e. The van der Waals surface area contributed by atoms with E-state index in [0.29, 0.717) is 5.69 Å². The summed E-state index contributed by atoms with van der Waals surface area (Å²) in [6.07, 6.45) is -3.21. The fourth-order valence-corrected chi connectivity index (χ4v) is 2.22. The van der Waals surface area contributed by atoms with Crippen LogP contribution in [0.15, 0.2) is 36.5 Å². The van der Waals surface area contributed by atoms with Gasteiger partial charge < -0.3 is 10.6 Å². The van der Waals surface area contributed by atoms with Crippen molar-refractivity contribution in [3.63, 3.8) is 0 Å². The maximum absolute atomic E-state index is 13.1. The molecule has 0 radical (unpaired) electrons. The number of aromatic nitrogens is 1. The number of nitrogens with one attached hydrogen (secondary N) is 2. The van der Waals surface area contributed by atoms with Gasteiger partial charge in [0.05, 0.1) is 11.3 Å². The first kappa shape index (κ1) is 19.1. The van der Waals surface area contributed by atoms with Crippen LogP contribution in [-0.2, 0) is 6.18 Å². The summed E-state index contributed by atoms with van der Waals surface area (Å²) in [4.78, 5) is 16.1. The molecule has 1 amide bonds. The van der Waals surface area contributed by atoms with Gasteiger partial charge in [-0.15, -0.1) is 0 Å². The number of alkyl halides is 3. The van der Waals surface area contributed by atoms with Gasteiger partial charge in [-0.1, -0.05) is 11.6 Å². The molecule has 25 heavy (non-hydrogen) atoms. The molecular formula is C17H17ClF3N3O. The summed E-state index contributed by atoms with van der Waals surface area (Å²) in [6, 6.07) is 6.30. The predicted molar refractivity (Wildman–Crippen MR) is 91.2 cm³/mol. The Morgan fingerprint density at radius 1 is 1.12 bits per heavy atom. The van der Waals surface area contributed by atoms with E-state index in [1.54, 1.807) is 0 Å². The highest BCUT2D eigenvalue weighted by Crippen LogP contribution is 2.37. The lowest BCUT2D eigenvalue weighted by molar-refractivity contribution is -0.136. The zero-order valence-corrected chi connectivity index (χ0v) is 14.6. The molecule has 1 heterocycles. The monoisotopic (exact) mass is 371 g/mol. The van der Waals surface area contributed by atoms with E-state index in [4.69, 9.17) is 11.6 Å². The Kier molecular flexibility index (Phi) is 5.27. The Labute approximate surface area is 148 Å². The topological polar surface area (TPSA) is 54.0 Å². The molecule has 1 aromatic carbocycles. The number of carbonyl (C=O) groups excluding carboxylic acids is 1. The van der Waals surface area contributed by atoms with Gasteiger partial charge in [0, 0.05) is 22.4 Å². The number of amides is 1. The van der Waals surface area contributed by atoms with E-state index >= 15 is 0 Å². The molecule has 0 aliphatic heterocycles. The van der Waals surface area contributed by atoms with Gasteiger partial charge in [-0.2, -0.15) is 13.2 Å². The third-order valence-corrected chi connectivity index (χ3v) is 3.28. The highest BCUT2D eigenvalue weighted by Gasteiger charge is 2.33. The maximum Gasteiger partial charge on any atom is 0.418 e. The van der Waals surface area contributed by atoms with Crippen molar-refractivity contribution in [3.05, 3.63) is 52.8 Å². The van der Waals surface area contributed by atoms with Crippen molar-refractivity contribution < 1.29 is 18.0 Å². The molecular weight excluding hydrogens is 355 g/mol. The van der Waals surface area contributed by atoms with Gasteiger partial charge in [0.15, 0.2) is 0 Å². The Bertz CT molecular complexity index is 785. The van der Waals surface area contributed by atoms with Crippen LogP contribution < -0.4 is 10.6 Å². The zero-order valence-electron chi connectivity index (χ0n) is 13.8. The van der Waals surface area contributed by atoms with Crippen molar-refractivity contribution in [2.45, 2.75) is 32.5 Å². The minimum atomic E-state index is -4.56. The molecule has 4 nitrogen and oxygen atoms in total. The van der Waals surface area contributed by atoms with Crippen LogP contribution in [-0.4, -0.2) is 16.4 Å². The van der Waals surface area contributed by atoms with Gasteiger partial charge in [-0.25, -0.2) is 0 Å². The van der Waals surface area contributed by atoms with Gasteiger partial charge in [-0.05, 0) is 51.1 Å². The van der Waals surface area contributed by atoms with E-state index in [1.807, 2.05) is 20.8 Å². The number of nitrogens with zero attached hydrogens (tertiary/aromatic N) is 1. The molecule has 0 fully saturated rings. The molecule has 2 N–H and O–H groups in total. The number of benzene rings is 1. The van der Waals surface area contributed by atoms with Gasteiger partial charge in [0.25, 0.3) is 5.91 Å². The lowest BCUT2D eigenvalue weighted by Gasteiger charge is -2.20. The third-order valence-electron chi connectivity index (χ3n) is 3.05. The maximum atomic E-state index is 13.1. The number of pyridine rings is 1. The molecule has 134 valence electrons. The first-order valence-electron chi connectivity index (χ1n) is 7.38. The molecule has 0 atom stereocenters. The highest BCUT2D eigenvalue weighted by atomic mass is 35.5. The Balaban J connectivity index is 2.31. The molecule has 0 aliphatic rings. The number of halogens is 4. The minimum Gasteiger partial charge on any atom is -0.355 e. The first-order chi connectivity index (χ1) is 11.5. The third kappa shape index (κ3) is 5.35. The van der Waals surface area contributed by atoms with E-state index in [9.17, 15) is 18.0 Å². The summed E-state index contributed by atoms with van der Waals surface area (Å²) in [5, 5.41) is 5.39. The number of rotatable bonds is 3. The zero-order chi connectivity index (χ0) is 18.8. The van der Waals surface area contributed by atoms with Crippen LogP contribution in [0.2, 0.25) is 5.02 Å². The van der Waals surface area contributed by atoms with E-state index in [2.05, 4.69) is 15.6 Å². The van der Waals surface area contributed by atoms with Crippen LogP contribution in [0.1, 0.15) is 36.8 Å². The van der Waals surface area contributed by atoms with Crippen molar-refractivity contribution in [1.29, 1.82) is 0 Å². The molecule has 0 spiro atoms. The molecule has 1 aromatic heterocycles. The standard InChI is InChI=1S/C17H17ClF3N3O/c1-16(2,3)24-15(25)14-9-11(6-7-22-14)23-13-5-4-10(18)8-12(13)17(19,20)21/h4-9H,1-3H3,(H,22,23)(H,24,25). The summed E-state index contributed by atoms with van der Waals surface area (Å²) < 4.78 is 39.4. The van der Waals surface area contributed by atoms with Crippen LogP contribution in [0.5, 0.6) is 0 Å². The largest absolute Gasteiger partial charge is 0.418 e. The summed E-state index contributed by atoms with van der Waals surface area (Å²) in [5.74, 6) is -0.414. The summed E-state index contributed by atoms with van der Waals surface area (Å²) >= 11 is 5.66. The summed E-state index contributed by atoms with van der Waals surface area (Å²) in [5.41, 5.74) is -1.10. The van der Waals surface area contributed by atoms with Crippen LogP contribution in [0.4, 0.5) is 24.5 Å². The average Bonchev–Trinajstić information content (AvgIpc) is 2.46. The lowest BCUT2D eigenvalue weighted by atomic mass is 10.1. The number of carbonyl (C=O) groups is 1. The molecule has 2 aromatic rings. The number of anilines is 2. The van der Waals surface area contributed by atoms with E-state index < -0.39 is 23.2 Å². The molecule has 0 saturated carbocycles. The van der Waals surface area contributed by atoms with Crippen molar-refractivity contribution >= 4 is 28.9 Å². The van der Waals surface area contributed by atoms with Crippen molar-refractivity contribution in [1.82, 2.24) is 10.3 Å². The molecule has 0 unspecified atom stereocenters. The second kappa shape index (κ2) is 6.92. The van der Waals surface area contributed by atoms with Crippen LogP contribution in [0.3, 0.4) is 0 Å².